The van der Waals surface area contributed by atoms with Crippen molar-refractivity contribution in [2.24, 2.45) is 0 Å². The van der Waals surface area contributed by atoms with Gasteiger partial charge in [0, 0.05) is 12.2 Å². The van der Waals surface area contributed by atoms with Gasteiger partial charge in [-0.25, -0.2) is 0 Å². The van der Waals surface area contributed by atoms with Crippen LogP contribution in [0.2, 0.25) is 5.02 Å². The van der Waals surface area contributed by atoms with Gasteiger partial charge < -0.3 is 10.0 Å². The number of hydrogen-bond donors (Lipinski definition) is 1. The number of benzene rings is 2. The van der Waals surface area contributed by atoms with Crippen molar-refractivity contribution in [3.8, 4) is 6.07 Å². The molecule has 0 aliphatic heterocycles. The molecule has 0 saturated carbocycles. The minimum atomic E-state index is -0.555. The first-order chi connectivity index (χ1) is 10.1. The van der Waals surface area contributed by atoms with E-state index in [-0.39, 0.29) is 0 Å². The quantitative estimate of drug-likeness (QED) is 0.887. The smallest absolute Gasteiger partial charge is 0.0762 e. The highest BCUT2D eigenvalue weighted by Crippen LogP contribution is 2.33. The van der Waals surface area contributed by atoms with E-state index in [9.17, 15) is 5.11 Å². The lowest BCUT2D eigenvalue weighted by molar-refractivity contribution is 0.199. The van der Waals surface area contributed by atoms with Crippen LogP contribution in [0.4, 0.5) is 11.4 Å². The topological polar surface area (TPSA) is 47.3 Å². The van der Waals surface area contributed by atoms with Crippen molar-refractivity contribution in [3.63, 3.8) is 0 Å². The fourth-order valence-corrected chi connectivity index (χ4v) is 2.45. The molecule has 0 heterocycles. The molecule has 0 unspecified atom stereocenters. The maximum atomic E-state index is 9.62. The Bertz CT molecular complexity index is 635. The molecule has 0 aromatic heterocycles. The van der Waals surface area contributed by atoms with Gasteiger partial charge in [-0.3, -0.25) is 0 Å². The van der Waals surface area contributed by atoms with Gasteiger partial charge in [0.25, 0.3) is 0 Å². The number of halogens is 1. The van der Waals surface area contributed by atoms with Crippen molar-refractivity contribution in [1.29, 1.82) is 5.26 Å². The molecule has 4 heteroatoms. The van der Waals surface area contributed by atoms with E-state index in [0.717, 1.165) is 16.9 Å². The number of rotatable bonds is 5. The molecule has 0 aliphatic carbocycles. The van der Waals surface area contributed by atoms with Gasteiger partial charge in [-0.15, -0.1) is 0 Å². The third-order valence-corrected chi connectivity index (χ3v) is 3.56. The van der Waals surface area contributed by atoms with Crippen LogP contribution in [-0.4, -0.2) is 11.7 Å². The van der Waals surface area contributed by atoms with E-state index >= 15 is 0 Å². The van der Waals surface area contributed by atoms with E-state index in [1.54, 1.807) is 13.0 Å². The predicted octanol–water partition coefficient (Wildman–Crippen LogP) is 4.45. The average molecular weight is 301 g/mol. The summed E-state index contributed by atoms with van der Waals surface area (Å²) in [5.41, 5.74) is 2.60. The molecule has 0 bridgehead atoms. The normalized spacial score (nSPS) is 11.7. The fourth-order valence-electron chi connectivity index (χ4n) is 2.16. The van der Waals surface area contributed by atoms with Crippen LogP contribution in [-0.2, 0) is 0 Å². The molecule has 0 amide bonds. The van der Waals surface area contributed by atoms with Crippen molar-refractivity contribution in [2.45, 2.75) is 19.4 Å². The maximum Gasteiger partial charge on any atom is 0.0762 e. The zero-order valence-electron chi connectivity index (χ0n) is 11.8. The third kappa shape index (κ3) is 3.75. The number of hydrogen-bond acceptors (Lipinski definition) is 3. The molecule has 0 aliphatic rings. The SMILES string of the molecule is C[C@H](O)c1ccc(N(CCC#N)c2ccccc2)c(Cl)c1. The maximum absolute atomic E-state index is 9.62. The van der Waals surface area contributed by atoms with E-state index in [2.05, 4.69) is 6.07 Å². The first-order valence-electron chi connectivity index (χ1n) is 6.80. The fraction of sp³-hybridized carbons (Fsp3) is 0.235. The second-order valence-corrected chi connectivity index (χ2v) is 5.19. The Kier molecular flexibility index (Phi) is 5.21. The minimum absolute atomic E-state index is 0.406. The minimum Gasteiger partial charge on any atom is -0.389 e. The van der Waals surface area contributed by atoms with E-state index in [1.807, 2.05) is 47.4 Å². The lowest BCUT2D eigenvalue weighted by Gasteiger charge is -2.25. The molecule has 2 aromatic carbocycles. The number of nitriles is 1. The number of anilines is 2. The van der Waals surface area contributed by atoms with Gasteiger partial charge in [0.1, 0.15) is 0 Å². The summed E-state index contributed by atoms with van der Waals surface area (Å²) in [7, 11) is 0. The number of aliphatic hydroxyl groups is 1. The highest BCUT2D eigenvalue weighted by atomic mass is 35.5. The van der Waals surface area contributed by atoms with Gasteiger partial charge in [-0.05, 0) is 36.8 Å². The lowest BCUT2D eigenvalue weighted by Crippen LogP contribution is -2.18. The molecule has 0 fully saturated rings. The Labute approximate surface area is 130 Å². The highest BCUT2D eigenvalue weighted by Gasteiger charge is 2.14. The van der Waals surface area contributed by atoms with Gasteiger partial charge in [0.05, 0.1) is 29.3 Å². The van der Waals surface area contributed by atoms with Crippen molar-refractivity contribution in [1.82, 2.24) is 0 Å². The third-order valence-electron chi connectivity index (χ3n) is 3.26. The van der Waals surface area contributed by atoms with Crippen LogP contribution in [0, 0.1) is 11.3 Å². The summed E-state index contributed by atoms with van der Waals surface area (Å²) in [6.45, 7) is 2.27. The van der Waals surface area contributed by atoms with Crippen molar-refractivity contribution < 1.29 is 5.11 Å². The van der Waals surface area contributed by atoms with E-state index < -0.39 is 6.10 Å². The molecule has 0 saturated heterocycles. The van der Waals surface area contributed by atoms with E-state index in [0.29, 0.717) is 18.0 Å². The van der Waals surface area contributed by atoms with Gasteiger partial charge in [0.15, 0.2) is 0 Å². The summed E-state index contributed by atoms with van der Waals surface area (Å²) in [6.07, 6.45) is -0.149. The summed E-state index contributed by atoms with van der Waals surface area (Å²) in [5, 5.41) is 19.0. The zero-order chi connectivity index (χ0) is 15.2. The Hall–Kier alpha value is -2.02. The summed E-state index contributed by atoms with van der Waals surface area (Å²) >= 11 is 6.36. The standard InChI is InChI=1S/C17H17ClN2O/c1-13(21)14-8-9-17(16(18)12-14)20(11-5-10-19)15-6-3-2-4-7-15/h2-4,6-9,12-13,21H,5,11H2,1H3/t13-/m0/s1. The summed E-state index contributed by atoms with van der Waals surface area (Å²) in [5.74, 6) is 0. The van der Waals surface area contributed by atoms with Gasteiger partial charge in [0.2, 0.25) is 0 Å². The molecule has 0 radical (unpaired) electrons. The van der Waals surface area contributed by atoms with Crippen LogP contribution in [0.15, 0.2) is 48.5 Å². The van der Waals surface area contributed by atoms with Crippen LogP contribution in [0.25, 0.3) is 0 Å². The van der Waals surface area contributed by atoms with E-state index in [1.165, 1.54) is 0 Å². The first kappa shape index (κ1) is 15.4. The number of nitrogens with zero attached hydrogens (tertiary/aromatic N) is 2. The lowest BCUT2D eigenvalue weighted by atomic mass is 10.1. The molecule has 2 rings (SSSR count). The van der Waals surface area contributed by atoms with Crippen molar-refractivity contribution in [2.75, 3.05) is 11.4 Å². The number of para-hydroxylation sites is 1. The molecule has 1 N–H and O–H groups in total. The van der Waals surface area contributed by atoms with Crippen LogP contribution in [0.1, 0.15) is 25.0 Å². The molecule has 0 spiro atoms. The van der Waals surface area contributed by atoms with Gasteiger partial charge >= 0.3 is 0 Å². The Balaban J connectivity index is 2.40. The molecule has 2 aromatic rings. The van der Waals surface area contributed by atoms with Crippen molar-refractivity contribution in [3.05, 3.63) is 59.1 Å². The van der Waals surface area contributed by atoms with Crippen LogP contribution in [0.5, 0.6) is 0 Å². The van der Waals surface area contributed by atoms with Crippen LogP contribution in [0.3, 0.4) is 0 Å². The van der Waals surface area contributed by atoms with Gasteiger partial charge in [-0.2, -0.15) is 5.26 Å². The number of aliphatic hydroxyl groups excluding tert-OH is 1. The summed E-state index contributed by atoms with van der Waals surface area (Å²) in [6, 6.07) is 17.5. The molecular formula is C17H17ClN2O. The van der Waals surface area contributed by atoms with Crippen molar-refractivity contribution >= 4 is 23.0 Å². The Morgan fingerprint density at radius 2 is 1.95 bits per heavy atom. The zero-order valence-corrected chi connectivity index (χ0v) is 12.6. The monoisotopic (exact) mass is 300 g/mol. The molecule has 21 heavy (non-hydrogen) atoms. The van der Waals surface area contributed by atoms with Crippen LogP contribution < -0.4 is 4.90 Å². The average Bonchev–Trinajstić information content (AvgIpc) is 2.50. The second kappa shape index (κ2) is 7.12. The van der Waals surface area contributed by atoms with E-state index in [4.69, 9.17) is 16.9 Å². The highest BCUT2D eigenvalue weighted by molar-refractivity contribution is 6.33. The van der Waals surface area contributed by atoms with Crippen LogP contribution >= 0.6 is 11.6 Å². The summed E-state index contributed by atoms with van der Waals surface area (Å²) < 4.78 is 0. The largest absolute Gasteiger partial charge is 0.389 e. The molecule has 1 atom stereocenters. The van der Waals surface area contributed by atoms with Gasteiger partial charge in [-0.1, -0.05) is 35.9 Å². The predicted molar refractivity (Wildman–Crippen MR) is 85.8 cm³/mol. The first-order valence-corrected chi connectivity index (χ1v) is 7.18. The second-order valence-electron chi connectivity index (χ2n) is 4.78. The Morgan fingerprint density at radius 1 is 1.24 bits per heavy atom. The Morgan fingerprint density at radius 3 is 2.52 bits per heavy atom. The molecule has 108 valence electrons. The molecule has 3 nitrogen and oxygen atoms in total. The molecular weight excluding hydrogens is 284 g/mol. The summed E-state index contributed by atoms with van der Waals surface area (Å²) in [4.78, 5) is 2.01.